The van der Waals surface area contributed by atoms with Crippen molar-refractivity contribution in [2.24, 2.45) is 5.10 Å². The van der Waals surface area contributed by atoms with Crippen molar-refractivity contribution in [3.05, 3.63) is 78.8 Å². The maximum absolute atomic E-state index is 11.8. The maximum atomic E-state index is 11.8. The molecule has 0 saturated heterocycles. The minimum atomic E-state index is -0.891. The second kappa shape index (κ2) is 8.29. The van der Waals surface area contributed by atoms with Gasteiger partial charge in [0.15, 0.2) is 0 Å². The van der Waals surface area contributed by atoms with Crippen LogP contribution in [0.2, 0.25) is 0 Å². The Bertz CT molecular complexity index is 888. The predicted molar refractivity (Wildman–Crippen MR) is 96.0 cm³/mol. The molecule has 3 rings (SSSR count). The summed E-state index contributed by atoms with van der Waals surface area (Å²) in [7, 11) is 0. The second-order valence-electron chi connectivity index (χ2n) is 5.11. The fourth-order valence-corrected chi connectivity index (χ4v) is 1.99. The molecule has 130 valence electrons. The van der Waals surface area contributed by atoms with E-state index in [1.54, 1.807) is 36.4 Å². The number of carbonyl (C=O) groups excluding carboxylic acids is 2. The largest absolute Gasteiger partial charge is 0.463 e. The number of amides is 2. The first-order valence-electron chi connectivity index (χ1n) is 7.71. The lowest BCUT2D eigenvalue weighted by Gasteiger charge is -2.07. The van der Waals surface area contributed by atoms with E-state index in [0.717, 1.165) is 0 Å². The number of nitrogens with one attached hydrogen (secondary N) is 2. The second-order valence-corrected chi connectivity index (χ2v) is 5.11. The minimum Gasteiger partial charge on any atom is -0.463 e. The van der Waals surface area contributed by atoms with Crippen LogP contribution in [0, 0.1) is 0 Å². The van der Waals surface area contributed by atoms with Crippen molar-refractivity contribution in [3.63, 3.8) is 0 Å². The van der Waals surface area contributed by atoms with Gasteiger partial charge in [0.2, 0.25) is 0 Å². The minimum absolute atomic E-state index is 0.458. The first-order chi connectivity index (χ1) is 12.7. The average Bonchev–Trinajstić information content (AvgIpc) is 3.17. The Kier molecular flexibility index (Phi) is 5.41. The Hall–Kier alpha value is -3.87. The highest BCUT2D eigenvalue weighted by Crippen LogP contribution is 2.22. The summed E-state index contributed by atoms with van der Waals surface area (Å²) in [6.45, 7) is 0. The molecule has 1 heterocycles. The van der Waals surface area contributed by atoms with Gasteiger partial charge in [-0.1, -0.05) is 18.2 Å². The average molecular weight is 349 g/mol. The molecule has 0 aliphatic rings. The number of hydrazone groups is 1. The van der Waals surface area contributed by atoms with Crippen molar-refractivity contribution in [1.82, 2.24) is 5.43 Å². The molecular formula is C19H15N3O4. The molecule has 2 amide bonds. The number of carbonyl (C=O) groups is 2. The Balaban J connectivity index is 1.51. The van der Waals surface area contributed by atoms with Crippen molar-refractivity contribution in [3.8, 4) is 11.5 Å². The van der Waals surface area contributed by atoms with Gasteiger partial charge in [-0.25, -0.2) is 5.43 Å². The zero-order valence-corrected chi connectivity index (χ0v) is 13.6. The molecule has 0 saturated carbocycles. The summed E-state index contributed by atoms with van der Waals surface area (Å²) in [5.41, 5.74) is 2.58. The van der Waals surface area contributed by atoms with E-state index in [1.165, 1.54) is 12.5 Å². The van der Waals surface area contributed by atoms with Gasteiger partial charge in [0.25, 0.3) is 0 Å². The standard InChI is InChI=1S/C19H15N3O4/c23-18(19(24)22-20-13-17-7-4-12-25-17)21-14-8-10-16(11-9-14)26-15-5-2-1-3-6-15/h1-13H,(H,21,23)(H,22,24)/b20-13+. The smallest absolute Gasteiger partial charge is 0.329 e. The van der Waals surface area contributed by atoms with Crippen LogP contribution in [-0.2, 0) is 9.59 Å². The number of benzene rings is 2. The topological polar surface area (TPSA) is 92.9 Å². The van der Waals surface area contributed by atoms with Crippen molar-refractivity contribution in [1.29, 1.82) is 0 Å². The molecule has 0 fully saturated rings. The van der Waals surface area contributed by atoms with E-state index in [1.807, 2.05) is 30.3 Å². The number of hydrogen-bond donors (Lipinski definition) is 2. The van der Waals surface area contributed by atoms with Gasteiger partial charge in [-0.15, -0.1) is 0 Å². The summed E-state index contributed by atoms with van der Waals surface area (Å²) in [6, 6.07) is 19.3. The van der Waals surface area contributed by atoms with Gasteiger partial charge in [0.1, 0.15) is 17.3 Å². The van der Waals surface area contributed by atoms with E-state index < -0.39 is 11.8 Å². The summed E-state index contributed by atoms with van der Waals surface area (Å²) in [5.74, 6) is 0.0511. The normalized spacial score (nSPS) is 10.5. The van der Waals surface area contributed by atoms with E-state index in [4.69, 9.17) is 9.15 Å². The third kappa shape index (κ3) is 4.81. The number of ether oxygens (including phenoxy) is 1. The van der Waals surface area contributed by atoms with Crippen molar-refractivity contribution >= 4 is 23.7 Å². The maximum Gasteiger partial charge on any atom is 0.329 e. The number of nitrogens with zero attached hydrogens (tertiary/aromatic N) is 1. The number of rotatable bonds is 5. The van der Waals surface area contributed by atoms with Crippen molar-refractivity contribution in [2.45, 2.75) is 0 Å². The monoisotopic (exact) mass is 349 g/mol. The molecule has 0 aliphatic heterocycles. The van der Waals surface area contributed by atoms with Crippen LogP contribution in [0.5, 0.6) is 11.5 Å². The highest BCUT2D eigenvalue weighted by molar-refractivity contribution is 6.39. The van der Waals surface area contributed by atoms with Crippen LogP contribution in [0.15, 0.2) is 82.5 Å². The molecular weight excluding hydrogens is 334 g/mol. The molecule has 7 heteroatoms. The predicted octanol–water partition coefficient (Wildman–Crippen LogP) is 3.16. The number of anilines is 1. The van der Waals surface area contributed by atoms with Gasteiger partial charge in [0, 0.05) is 5.69 Å². The van der Waals surface area contributed by atoms with E-state index in [2.05, 4.69) is 15.8 Å². The molecule has 0 atom stereocenters. The lowest BCUT2D eigenvalue weighted by atomic mass is 10.3. The third-order valence-corrected chi connectivity index (χ3v) is 3.20. The molecule has 0 unspecified atom stereocenters. The molecule has 0 bridgehead atoms. The van der Waals surface area contributed by atoms with E-state index in [0.29, 0.717) is 22.9 Å². The first-order valence-corrected chi connectivity index (χ1v) is 7.71. The summed E-state index contributed by atoms with van der Waals surface area (Å²) in [4.78, 5) is 23.5. The third-order valence-electron chi connectivity index (χ3n) is 3.20. The summed E-state index contributed by atoms with van der Waals surface area (Å²) in [6.07, 6.45) is 2.77. The Labute approximate surface area is 149 Å². The molecule has 26 heavy (non-hydrogen) atoms. The van der Waals surface area contributed by atoms with Gasteiger partial charge in [0.05, 0.1) is 12.5 Å². The number of furan rings is 1. The van der Waals surface area contributed by atoms with Crippen molar-refractivity contribution in [2.75, 3.05) is 5.32 Å². The Morgan fingerprint density at radius 1 is 0.885 bits per heavy atom. The molecule has 0 radical (unpaired) electrons. The summed E-state index contributed by atoms with van der Waals surface area (Å²) in [5, 5.41) is 6.11. The van der Waals surface area contributed by atoms with Crippen LogP contribution in [0.25, 0.3) is 0 Å². The van der Waals surface area contributed by atoms with Gasteiger partial charge in [-0.05, 0) is 48.5 Å². The van der Waals surface area contributed by atoms with Gasteiger partial charge < -0.3 is 14.5 Å². The molecule has 2 N–H and O–H groups in total. The number of para-hydroxylation sites is 1. The van der Waals surface area contributed by atoms with Crippen LogP contribution in [0.4, 0.5) is 5.69 Å². The fraction of sp³-hybridized carbons (Fsp3) is 0. The highest BCUT2D eigenvalue weighted by atomic mass is 16.5. The van der Waals surface area contributed by atoms with Gasteiger partial charge >= 0.3 is 11.8 Å². The van der Waals surface area contributed by atoms with E-state index in [-0.39, 0.29) is 0 Å². The molecule has 7 nitrogen and oxygen atoms in total. The Morgan fingerprint density at radius 2 is 1.62 bits per heavy atom. The first kappa shape index (κ1) is 17.0. The Morgan fingerprint density at radius 3 is 2.31 bits per heavy atom. The zero-order chi connectivity index (χ0) is 18.2. The van der Waals surface area contributed by atoms with Crippen LogP contribution in [0.3, 0.4) is 0 Å². The molecule has 2 aromatic carbocycles. The van der Waals surface area contributed by atoms with Crippen molar-refractivity contribution < 1.29 is 18.7 Å². The highest BCUT2D eigenvalue weighted by Gasteiger charge is 2.12. The SMILES string of the molecule is O=C(N/N=C/c1ccco1)C(=O)Nc1ccc(Oc2ccccc2)cc1. The number of hydrogen-bond acceptors (Lipinski definition) is 5. The lowest BCUT2D eigenvalue weighted by molar-refractivity contribution is -0.136. The van der Waals surface area contributed by atoms with Crippen LogP contribution < -0.4 is 15.5 Å². The molecule has 0 spiro atoms. The molecule has 0 aliphatic carbocycles. The summed E-state index contributed by atoms with van der Waals surface area (Å²) >= 11 is 0. The van der Waals surface area contributed by atoms with Crippen LogP contribution >= 0.6 is 0 Å². The van der Waals surface area contributed by atoms with E-state index >= 15 is 0 Å². The van der Waals surface area contributed by atoms with E-state index in [9.17, 15) is 9.59 Å². The molecule has 3 aromatic rings. The van der Waals surface area contributed by atoms with Crippen LogP contribution in [-0.4, -0.2) is 18.0 Å². The van der Waals surface area contributed by atoms with Crippen LogP contribution in [0.1, 0.15) is 5.76 Å². The quantitative estimate of drug-likeness (QED) is 0.420. The lowest BCUT2D eigenvalue weighted by Crippen LogP contribution is -2.32. The molecule has 1 aromatic heterocycles. The summed E-state index contributed by atoms with van der Waals surface area (Å²) < 4.78 is 10.7. The zero-order valence-electron chi connectivity index (χ0n) is 13.6. The van der Waals surface area contributed by atoms with Gasteiger partial charge in [-0.2, -0.15) is 5.10 Å². The fourth-order valence-electron chi connectivity index (χ4n) is 1.99. The van der Waals surface area contributed by atoms with Gasteiger partial charge in [-0.3, -0.25) is 9.59 Å².